The average molecular weight is 365 g/mol. The zero-order chi connectivity index (χ0) is 16.8. The molecule has 23 heavy (non-hydrogen) atoms. The number of aromatic nitrogens is 4. The molecule has 0 amide bonds. The predicted octanol–water partition coefficient (Wildman–Crippen LogP) is -0.939. The Hall–Kier alpha value is -1.27. The van der Waals surface area contributed by atoms with Crippen LogP contribution in [-0.2, 0) is 21.1 Å². The molecule has 0 aromatic carbocycles. The van der Waals surface area contributed by atoms with Crippen LogP contribution in [0.1, 0.15) is 6.23 Å². The van der Waals surface area contributed by atoms with Crippen LogP contribution in [0.3, 0.4) is 0 Å². The third-order valence-electron chi connectivity index (χ3n) is 3.37. The van der Waals surface area contributed by atoms with Crippen LogP contribution >= 0.6 is 6.72 Å². The van der Waals surface area contributed by atoms with Gasteiger partial charge < -0.3 is 29.1 Å². The number of fused-ring (bicyclic) bond motifs is 1. The molecule has 0 saturated carbocycles. The number of aromatic amines is 1. The molecule has 3 rings (SSSR count). The first kappa shape index (κ1) is 16.6. The molecule has 1 aliphatic rings. The van der Waals surface area contributed by atoms with E-state index in [1.54, 1.807) is 0 Å². The maximum atomic E-state index is 14.1. The van der Waals surface area contributed by atoms with E-state index in [0.717, 1.165) is 0 Å². The minimum Gasteiger partial charge on any atom is -0.385 e. The first-order valence-electron chi connectivity index (χ1n) is 6.40. The van der Waals surface area contributed by atoms with Gasteiger partial charge in [0, 0.05) is 0 Å². The quantitative estimate of drug-likeness (QED) is 0.436. The number of alkyl halides is 1. The number of hydrogen-bond acceptors (Lipinski definition) is 7. The topological polar surface area (TPSA) is 150 Å². The first-order chi connectivity index (χ1) is 10.8. The molecule has 13 heteroatoms. The highest BCUT2D eigenvalue weighted by Crippen LogP contribution is 2.39. The van der Waals surface area contributed by atoms with E-state index in [2.05, 4.69) is 31.3 Å². The maximum absolute atomic E-state index is 14.1. The highest BCUT2D eigenvalue weighted by atomic mass is 32.5. The summed E-state index contributed by atoms with van der Waals surface area (Å²) < 4.78 is 25.4. The molecule has 0 radical (unpaired) electrons. The molecule has 126 valence electrons. The lowest BCUT2D eigenvalue weighted by Crippen LogP contribution is -2.30. The monoisotopic (exact) mass is 365 g/mol. The Kier molecular flexibility index (Phi) is 4.31. The van der Waals surface area contributed by atoms with E-state index in [1.165, 1.54) is 17.2 Å². The number of H-pyrrole nitrogens is 1. The van der Waals surface area contributed by atoms with Gasteiger partial charge in [0.1, 0.15) is 17.7 Å². The van der Waals surface area contributed by atoms with Gasteiger partial charge in [-0.2, -0.15) is 0 Å². The molecule has 3 heterocycles. The van der Waals surface area contributed by atoms with Crippen LogP contribution in [0, 0.1) is 5.41 Å². The zero-order valence-electron chi connectivity index (χ0n) is 11.4. The van der Waals surface area contributed by atoms with Gasteiger partial charge in [-0.15, -0.1) is 0 Å². The number of aliphatic hydroxyl groups excluding tert-OH is 1. The van der Waals surface area contributed by atoms with Gasteiger partial charge in [0.05, 0.1) is 19.3 Å². The zero-order valence-corrected chi connectivity index (χ0v) is 13.1. The van der Waals surface area contributed by atoms with E-state index >= 15 is 0 Å². The Labute approximate surface area is 133 Å². The molecule has 1 aliphatic heterocycles. The van der Waals surface area contributed by atoms with Crippen molar-refractivity contribution >= 4 is 29.7 Å². The number of hydrogen-bond donors (Lipinski definition) is 5. The standard InChI is InChI=1S/C10H13FN5O5PS/c11-5-4(1-20-22(18,19)23)21-10(7(5)17)16-3-15-6-8(12)13-2-14-9(6)16/h2-5,7,10,17H,1H2,(H2,12,13,14)(H2,18,19,23)/t4?,5-,7-,10?/m0/s1. The van der Waals surface area contributed by atoms with Crippen molar-refractivity contribution in [1.82, 2.24) is 19.5 Å². The van der Waals surface area contributed by atoms with Crippen molar-refractivity contribution in [1.29, 1.82) is 5.41 Å². The van der Waals surface area contributed by atoms with Crippen LogP contribution in [0.15, 0.2) is 12.7 Å². The SMILES string of the molecule is N=c1[nH]cnc2c1ncn2C1OC(COP(O)(O)=S)[C@H](F)[C@@H]1O. The minimum atomic E-state index is -3.95. The van der Waals surface area contributed by atoms with Gasteiger partial charge in [0.2, 0.25) is 0 Å². The van der Waals surface area contributed by atoms with Crippen molar-refractivity contribution in [3.05, 3.63) is 18.1 Å². The Morgan fingerprint density at radius 3 is 2.96 bits per heavy atom. The summed E-state index contributed by atoms with van der Waals surface area (Å²) in [7, 11) is 0. The summed E-state index contributed by atoms with van der Waals surface area (Å²) in [6.07, 6.45) is -3.21. The molecule has 5 N–H and O–H groups in total. The third-order valence-corrected chi connectivity index (χ3v) is 4.17. The van der Waals surface area contributed by atoms with Gasteiger partial charge in [-0.05, 0) is 11.8 Å². The van der Waals surface area contributed by atoms with Gasteiger partial charge >= 0.3 is 6.72 Å². The summed E-state index contributed by atoms with van der Waals surface area (Å²) in [5.41, 5.74) is 0.486. The molecular weight excluding hydrogens is 352 g/mol. The molecule has 2 aromatic heterocycles. The summed E-state index contributed by atoms with van der Waals surface area (Å²) in [6, 6.07) is 0. The van der Waals surface area contributed by atoms with E-state index in [4.69, 9.17) is 19.9 Å². The second-order valence-corrected chi connectivity index (χ2v) is 7.55. The number of rotatable bonds is 4. The molecule has 2 aromatic rings. The molecular formula is C10H13FN5O5PS. The minimum absolute atomic E-state index is 0.0131. The molecule has 0 spiro atoms. The molecule has 10 nitrogen and oxygen atoms in total. The summed E-state index contributed by atoms with van der Waals surface area (Å²) in [6.45, 7) is -4.46. The number of aliphatic hydroxyl groups is 1. The van der Waals surface area contributed by atoms with Crippen molar-refractivity contribution in [2.75, 3.05) is 6.61 Å². The van der Waals surface area contributed by atoms with Crippen LogP contribution in [0.2, 0.25) is 0 Å². The third kappa shape index (κ3) is 3.19. The van der Waals surface area contributed by atoms with Crippen molar-refractivity contribution in [2.45, 2.75) is 24.6 Å². The molecule has 1 saturated heterocycles. The summed E-state index contributed by atoms with van der Waals surface area (Å²) in [4.78, 5) is 28.6. The van der Waals surface area contributed by atoms with Crippen LogP contribution < -0.4 is 5.49 Å². The van der Waals surface area contributed by atoms with Crippen LogP contribution in [0.4, 0.5) is 4.39 Å². The Morgan fingerprint density at radius 2 is 2.26 bits per heavy atom. The molecule has 0 bridgehead atoms. The second-order valence-electron chi connectivity index (χ2n) is 4.89. The van der Waals surface area contributed by atoms with Crippen LogP contribution in [0.25, 0.3) is 11.2 Å². The highest BCUT2D eigenvalue weighted by Gasteiger charge is 2.46. The van der Waals surface area contributed by atoms with E-state index in [0.29, 0.717) is 0 Å². The van der Waals surface area contributed by atoms with Crippen molar-refractivity contribution in [3.63, 3.8) is 0 Å². The summed E-state index contributed by atoms with van der Waals surface area (Å²) in [5, 5.41) is 17.7. The van der Waals surface area contributed by atoms with Gasteiger partial charge in [0.25, 0.3) is 0 Å². The largest absolute Gasteiger partial charge is 0.385 e. The number of nitrogens with zero attached hydrogens (tertiary/aromatic N) is 3. The van der Waals surface area contributed by atoms with E-state index in [1.807, 2.05) is 0 Å². The van der Waals surface area contributed by atoms with Crippen molar-refractivity contribution in [3.8, 4) is 0 Å². The fourth-order valence-corrected chi connectivity index (χ4v) is 2.84. The first-order valence-corrected chi connectivity index (χ1v) is 9.03. The normalized spacial score (nSPS) is 28.5. The van der Waals surface area contributed by atoms with Gasteiger partial charge in [-0.3, -0.25) is 9.98 Å². The van der Waals surface area contributed by atoms with Gasteiger partial charge in [-0.25, -0.2) is 14.4 Å². The molecule has 2 unspecified atom stereocenters. The Balaban J connectivity index is 1.87. The smallest absolute Gasteiger partial charge is 0.321 e. The van der Waals surface area contributed by atoms with E-state index in [9.17, 15) is 9.50 Å². The number of imidazole rings is 1. The average Bonchev–Trinajstić information content (AvgIpc) is 3.01. The lowest BCUT2D eigenvalue weighted by Gasteiger charge is -2.16. The van der Waals surface area contributed by atoms with Crippen molar-refractivity contribution < 1.29 is 28.5 Å². The van der Waals surface area contributed by atoms with Crippen LogP contribution in [-0.4, -0.2) is 59.4 Å². The second kappa shape index (κ2) is 5.98. The van der Waals surface area contributed by atoms with Gasteiger partial charge in [0.15, 0.2) is 23.5 Å². The number of nitrogens with one attached hydrogen (secondary N) is 2. The lowest BCUT2D eigenvalue weighted by atomic mass is 10.1. The predicted molar refractivity (Wildman–Crippen MR) is 77.2 cm³/mol. The van der Waals surface area contributed by atoms with Crippen molar-refractivity contribution in [2.24, 2.45) is 0 Å². The lowest BCUT2D eigenvalue weighted by molar-refractivity contribution is -0.0474. The highest BCUT2D eigenvalue weighted by molar-refractivity contribution is 8.06. The maximum Gasteiger partial charge on any atom is 0.321 e. The number of ether oxygens (including phenoxy) is 1. The Morgan fingerprint density at radius 1 is 1.52 bits per heavy atom. The van der Waals surface area contributed by atoms with E-state index < -0.39 is 37.9 Å². The molecule has 0 aliphatic carbocycles. The fourth-order valence-electron chi connectivity index (χ4n) is 2.32. The summed E-state index contributed by atoms with van der Waals surface area (Å²) >= 11 is 4.28. The number of halogens is 1. The molecule has 4 atom stereocenters. The van der Waals surface area contributed by atoms with E-state index in [-0.39, 0.29) is 16.7 Å². The summed E-state index contributed by atoms with van der Waals surface area (Å²) in [5.74, 6) is 0. The van der Waals surface area contributed by atoms with Gasteiger partial charge in [-0.1, -0.05) is 0 Å². The van der Waals surface area contributed by atoms with Crippen LogP contribution in [0.5, 0.6) is 0 Å². The molecule has 1 fully saturated rings. The fraction of sp³-hybridized carbons (Fsp3) is 0.500. The Bertz CT molecular complexity index is 823.